The molecule has 0 bridgehead atoms. The van der Waals surface area contributed by atoms with Gasteiger partial charge in [-0.15, -0.1) is 5.10 Å². The number of methoxy groups -OCH3 is 2. The summed E-state index contributed by atoms with van der Waals surface area (Å²) in [6, 6.07) is 5.31. The Morgan fingerprint density at radius 2 is 2.13 bits per heavy atom. The number of nitrogens with two attached hydrogens (primary N) is 1. The molecule has 0 saturated heterocycles. The number of aromatic nitrogens is 5. The number of nitrogens with zero attached hydrogens (tertiary/aromatic N) is 6. The monoisotopic (exact) mass is 416 g/mol. The van der Waals surface area contributed by atoms with Crippen molar-refractivity contribution >= 4 is 17.9 Å². The minimum Gasteiger partial charge on any atom is -0.493 e. The molecule has 0 radical (unpaired) electrons. The molecule has 0 atom stereocenters. The number of carbonyl (C=O) groups excluding carboxylic acids is 1. The Balaban J connectivity index is 1.85. The zero-order valence-corrected chi connectivity index (χ0v) is 16.9. The third-order valence-corrected chi connectivity index (χ3v) is 4.00. The highest BCUT2D eigenvalue weighted by molar-refractivity contribution is 5.94. The van der Waals surface area contributed by atoms with E-state index in [9.17, 15) is 4.79 Å². The summed E-state index contributed by atoms with van der Waals surface area (Å²) in [7, 11) is 6.88. The van der Waals surface area contributed by atoms with Crippen molar-refractivity contribution in [2.75, 3.05) is 34.0 Å². The van der Waals surface area contributed by atoms with Gasteiger partial charge in [0.05, 0.1) is 34.5 Å². The zero-order chi connectivity index (χ0) is 21.7. The summed E-state index contributed by atoms with van der Waals surface area (Å²) in [4.78, 5) is 13.7. The Labute approximate surface area is 171 Å². The molecule has 0 aliphatic heterocycles. The van der Waals surface area contributed by atoms with Crippen LogP contribution in [0.1, 0.15) is 21.7 Å². The van der Waals surface area contributed by atoms with Gasteiger partial charge in [0.1, 0.15) is 12.2 Å². The molecular weight excluding hydrogens is 394 g/mol. The van der Waals surface area contributed by atoms with Crippen LogP contribution in [-0.2, 0) is 6.54 Å². The average molecular weight is 416 g/mol. The highest BCUT2D eigenvalue weighted by Gasteiger charge is 2.25. The zero-order valence-electron chi connectivity index (χ0n) is 16.9. The quantitative estimate of drug-likeness (QED) is 0.298. The number of rotatable bonds is 8. The molecule has 2 heterocycles. The van der Waals surface area contributed by atoms with Crippen molar-refractivity contribution in [1.29, 1.82) is 0 Å². The Morgan fingerprint density at radius 1 is 1.33 bits per heavy atom. The molecule has 0 spiro atoms. The number of amides is 1. The summed E-state index contributed by atoms with van der Waals surface area (Å²) < 4.78 is 16.5. The predicted molar refractivity (Wildman–Crippen MR) is 105 cm³/mol. The molecule has 0 fully saturated rings. The number of anilines is 1. The van der Waals surface area contributed by atoms with Gasteiger partial charge in [-0.3, -0.25) is 4.79 Å². The topological polar surface area (TPSA) is 160 Å². The molecule has 13 heteroatoms. The first kappa shape index (κ1) is 20.7. The Morgan fingerprint density at radius 3 is 2.77 bits per heavy atom. The normalized spacial score (nSPS) is 11.2. The lowest BCUT2D eigenvalue weighted by Crippen LogP contribution is -3.04. The van der Waals surface area contributed by atoms with E-state index in [2.05, 4.69) is 35.8 Å². The van der Waals surface area contributed by atoms with Crippen molar-refractivity contribution < 1.29 is 23.8 Å². The lowest BCUT2D eigenvalue weighted by Gasteiger charge is -2.10. The number of benzene rings is 1. The van der Waals surface area contributed by atoms with E-state index in [0.29, 0.717) is 29.3 Å². The molecule has 0 aliphatic carbocycles. The molecule has 3 rings (SSSR count). The Bertz CT molecular complexity index is 1060. The number of hydrogen-bond donors (Lipinski definition) is 3. The summed E-state index contributed by atoms with van der Waals surface area (Å²) >= 11 is 0. The first-order chi connectivity index (χ1) is 14.5. The molecule has 13 nitrogen and oxygen atoms in total. The fraction of sp³-hybridized carbons (Fsp3) is 0.294. The molecule has 158 valence electrons. The van der Waals surface area contributed by atoms with Gasteiger partial charge in [0.25, 0.3) is 5.91 Å². The Kier molecular flexibility index (Phi) is 6.22. The largest absolute Gasteiger partial charge is 0.493 e. The number of quaternary nitrogens is 1. The van der Waals surface area contributed by atoms with Crippen LogP contribution in [0.5, 0.6) is 11.5 Å². The highest BCUT2D eigenvalue weighted by atomic mass is 16.6. The van der Waals surface area contributed by atoms with Gasteiger partial charge in [-0.25, -0.2) is 10.1 Å². The fourth-order valence-electron chi connectivity index (χ4n) is 2.71. The standard InChI is InChI=1S/C17H21N9O4/c1-25(2)9-11-13(20-24-26(11)16-15(18)22-30-23-16)17(27)21-19-8-10-6-5-7-12(28-3)14(10)29-4/h5-8H,9H2,1-4H3,(H2,18,22)(H,21,27)/p+1/b19-8-. The van der Waals surface area contributed by atoms with Gasteiger partial charge in [-0.1, -0.05) is 11.3 Å². The van der Waals surface area contributed by atoms with Crippen LogP contribution in [0.3, 0.4) is 0 Å². The fourth-order valence-corrected chi connectivity index (χ4v) is 2.71. The second-order valence-corrected chi connectivity index (χ2v) is 6.44. The molecule has 1 amide bonds. The molecule has 0 aliphatic rings. The van der Waals surface area contributed by atoms with E-state index in [4.69, 9.17) is 15.2 Å². The average Bonchev–Trinajstić information content (AvgIpc) is 3.32. The molecule has 2 aromatic heterocycles. The van der Waals surface area contributed by atoms with E-state index in [1.165, 1.54) is 25.1 Å². The van der Waals surface area contributed by atoms with Crippen molar-refractivity contribution in [2.24, 2.45) is 5.10 Å². The van der Waals surface area contributed by atoms with E-state index in [1.54, 1.807) is 18.2 Å². The molecule has 0 unspecified atom stereocenters. The number of ether oxygens (including phenoxy) is 2. The van der Waals surface area contributed by atoms with Gasteiger partial charge in [0.15, 0.2) is 17.2 Å². The van der Waals surface area contributed by atoms with Gasteiger partial charge < -0.3 is 20.1 Å². The molecule has 30 heavy (non-hydrogen) atoms. The van der Waals surface area contributed by atoms with Crippen LogP contribution in [0.4, 0.5) is 5.82 Å². The molecule has 4 N–H and O–H groups in total. The third kappa shape index (κ3) is 4.20. The predicted octanol–water partition coefficient (Wildman–Crippen LogP) is -1.34. The smallest absolute Gasteiger partial charge is 0.294 e. The van der Waals surface area contributed by atoms with Crippen LogP contribution in [-0.4, -0.2) is 65.7 Å². The molecular formula is C17H22N9O4+. The van der Waals surface area contributed by atoms with Gasteiger partial charge >= 0.3 is 0 Å². The van der Waals surface area contributed by atoms with Crippen molar-refractivity contribution in [2.45, 2.75) is 6.54 Å². The molecule has 3 aromatic rings. The van der Waals surface area contributed by atoms with Gasteiger partial charge in [-0.2, -0.15) is 9.78 Å². The van der Waals surface area contributed by atoms with Crippen LogP contribution in [0, 0.1) is 0 Å². The van der Waals surface area contributed by atoms with E-state index in [-0.39, 0.29) is 17.3 Å². The molecule has 0 saturated carbocycles. The summed E-state index contributed by atoms with van der Waals surface area (Å²) in [6.45, 7) is 0.412. The van der Waals surface area contributed by atoms with E-state index in [1.807, 2.05) is 14.1 Å². The van der Waals surface area contributed by atoms with Gasteiger partial charge in [-0.05, 0) is 22.4 Å². The van der Waals surface area contributed by atoms with Crippen LogP contribution >= 0.6 is 0 Å². The first-order valence-electron chi connectivity index (χ1n) is 8.82. The van der Waals surface area contributed by atoms with E-state index < -0.39 is 5.91 Å². The second-order valence-electron chi connectivity index (χ2n) is 6.44. The summed E-state index contributed by atoms with van der Waals surface area (Å²) in [5.41, 5.74) is 9.36. The minimum absolute atomic E-state index is 0.0324. The number of hydrazone groups is 1. The van der Waals surface area contributed by atoms with Crippen LogP contribution in [0.15, 0.2) is 27.9 Å². The number of hydrogen-bond acceptors (Lipinski definition) is 10. The third-order valence-electron chi connectivity index (χ3n) is 4.00. The van der Waals surface area contributed by atoms with Crippen LogP contribution in [0.25, 0.3) is 5.82 Å². The maximum absolute atomic E-state index is 12.7. The lowest BCUT2D eigenvalue weighted by atomic mass is 10.2. The summed E-state index contributed by atoms with van der Waals surface area (Å²) in [5.74, 6) is 0.679. The highest BCUT2D eigenvalue weighted by Crippen LogP contribution is 2.29. The summed E-state index contributed by atoms with van der Waals surface area (Å²) in [5, 5.41) is 19.2. The number of para-hydroxylation sites is 1. The van der Waals surface area contributed by atoms with E-state index in [0.717, 1.165) is 4.90 Å². The Hall–Kier alpha value is -4.00. The number of nitrogen functional groups attached to an aromatic ring is 1. The first-order valence-corrected chi connectivity index (χ1v) is 8.82. The SMILES string of the molecule is COc1cccc(/C=N\NC(=O)c2nnn(-c3nonc3N)c2C[NH+](C)C)c1OC. The van der Waals surface area contributed by atoms with Crippen LogP contribution < -0.4 is 25.5 Å². The van der Waals surface area contributed by atoms with Crippen molar-refractivity contribution in [3.63, 3.8) is 0 Å². The second kappa shape index (κ2) is 9.00. The number of carbonyl (C=O) groups is 1. The van der Waals surface area contributed by atoms with Crippen molar-refractivity contribution in [1.82, 2.24) is 30.7 Å². The van der Waals surface area contributed by atoms with Crippen LogP contribution in [0.2, 0.25) is 0 Å². The lowest BCUT2D eigenvalue weighted by molar-refractivity contribution is -0.873. The maximum Gasteiger partial charge on any atom is 0.294 e. The minimum atomic E-state index is -0.550. The van der Waals surface area contributed by atoms with E-state index >= 15 is 0 Å². The van der Waals surface area contributed by atoms with Gasteiger partial charge in [0.2, 0.25) is 11.6 Å². The maximum atomic E-state index is 12.7. The number of nitrogens with one attached hydrogen (secondary N) is 2. The molecule has 1 aromatic carbocycles. The summed E-state index contributed by atoms with van der Waals surface area (Å²) in [6.07, 6.45) is 1.44. The van der Waals surface area contributed by atoms with Gasteiger partial charge in [0, 0.05) is 5.56 Å². The van der Waals surface area contributed by atoms with Crippen molar-refractivity contribution in [3.05, 3.63) is 35.2 Å². The van der Waals surface area contributed by atoms with Crippen molar-refractivity contribution in [3.8, 4) is 17.3 Å².